The van der Waals surface area contributed by atoms with Crippen molar-refractivity contribution in [2.24, 2.45) is 11.3 Å². The van der Waals surface area contributed by atoms with Gasteiger partial charge < -0.3 is 14.4 Å². The molecule has 7 nitrogen and oxygen atoms in total. The molecule has 3 aliphatic rings. The summed E-state index contributed by atoms with van der Waals surface area (Å²) in [5.41, 5.74) is 2.12. The molecule has 0 N–H and O–H groups in total. The molecule has 10 heteroatoms. The average molecular weight is 705 g/mol. The van der Waals surface area contributed by atoms with Gasteiger partial charge in [0, 0.05) is 83.4 Å². The van der Waals surface area contributed by atoms with Crippen LogP contribution in [0.2, 0.25) is 0 Å². The fraction of sp³-hybridized carbons (Fsp3) is 0.512. The number of alkyl halides is 3. The van der Waals surface area contributed by atoms with Gasteiger partial charge in [0.25, 0.3) is 0 Å². The number of carbonyl (C=O) groups excluding carboxylic acids is 1. The van der Waals surface area contributed by atoms with Gasteiger partial charge in [0.2, 0.25) is 5.91 Å². The lowest BCUT2D eigenvalue weighted by Crippen LogP contribution is -2.55. The first-order chi connectivity index (χ1) is 24.6. The fourth-order valence-corrected chi connectivity index (χ4v) is 8.13. The summed E-state index contributed by atoms with van der Waals surface area (Å²) in [7, 11) is 1.74. The first-order valence-corrected chi connectivity index (χ1v) is 18.3. The smallest absolute Gasteiger partial charge is 0.379 e. The second kappa shape index (κ2) is 16.4. The van der Waals surface area contributed by atoms with Crippen molar-refractivity contribution >= 4 is 5.91 Å². The maximum atomic E-state index is 14.5. The van der Waals surface area contributed by atoms with E-state index >= 15 is 0 Å². The van der Waals surface area contributed by atoms with Gasteiger partial charge in [-0.3, -0.25) is 19.6 Å². The molecule has 4 atom stereocenters. The van der Waals surface area contributed by atoms with E-state index in [0.29, 0.717) is 43.9 Å². The largest absolute Gasteiger partial charge is 0.417 e. The van der Waals surface area contributed by atoms with Gasteiger partial charge >= 0.3 is 6.18 Å². The van der Waals surface area contributed by atoms with Crippen molar-refractivity contribution < 1.29 is 27.4 Å². The number of hydrogen-bond donors (Lipinski definition) is 0. The Labute approximate surface area is 300 Å². The van der Waals surface area contributed by atoms with Gasteiger partial charge in [0.15, 0.2) is 0 Å². The third-order valence-corrected chi connectivity index (χ3v) is 11.1. The quantitative estimate of drug-likeness (QED) is 0.176. The summed E-state index contributed by atoms with van der Waals surface area (Å²) < 4.78 is 52.4. The van der Waals surface area contributed by atoms with E-state index in [-0.39, 0.29) is 36.6 Å². The maximum Gasteiger partial charge on any atom is 0.417 e. The number of hydrogen-bond acceptors (Lipinski definition) is 6. The van der Waals surface area contributed by atoms with Crippen LogP contribution < -0.4 is 0 Å². The fourth-order valence-electron chi connectivity index (χ4n) is 8.13. The van der Waals surface area contributed by atoms with E-state index in [1.165, 1.54) is 11.1 Å². The minimum absolute atomic E-state index is 0.00405. The Morgan fingerprint density at radius 1 is 1.06 bits per heavy atom. The van der Waals surface area contributed by atoms with Crippen molar-refractivity contribution in [2.75, 3.05) is 40.0 Å². The van der Waals surface area contributed by atoms with Gasteiger partial charge in [-0.1, -0.05) is 86.7 Å². The Bertz CT molecular complexity index is 1580. The van der Waals surface area contributed by atoms with E-state index in [1.54, 1.807) is 12.0 Å². The van der Waals surface area contributed by atoms with E-state index in [4.69, 9.17) is 9.47 Å². The number of pyridine rings is 1. The summed E-state index contributed by atoms with van der Waals surface area (Å²) in [6.45, 7) is 9.32. The van der Waals surface area contributed by atoms with Gasteiger partial charge in [0.1, 0.15) is 0 Å². The molecular weight excluding hydrogens is 653 g/mol. The lowest BCUT2D eigenvalue weighted by Gasteiger charge is -2.44. The lowest BCUT2D eigenvalue weighted by atomic mass is 9.74. The van der Waals surface area contributed by atoms with Gasteiger partial charge in [-0.05, 0) is 47.9 Å². The van der Waals surface area contributed by atoms with E-state index in [2.05, 4.69) is 89.3 Å². The first kappa shape index (κ1) is 37.2. The zero-order chi connectivity index (χ0) is 36.0. The Hall–Kier alpha value is -3.57. The molecular formula is C41H51F3N4O3. The minimum Gasteiger partial charge on any atom is -0.379 e. The molecule has 1 fully saturated rings. The van der Waals surface area contributed by atoms with Crippen LogP contribution >= 0.6 is 0 Å². The molecule has 6 rings (SSSR count). The van der Waals surface area contributed by atoms with Crippen LogP contribution in [0.4, 0.5) is 13.2 Å². The third-order valence-electron chi connectivity index (χ3n) is 11.1. The Morgan fingerprint density at radius 3 is 2.37 bits per heavy atom. The molecule has 51 heavy (non-hydrogen) atoms. The molecule has 2 aliphatic heterocycles. The number of halogens is 3. The summed E-state index contributed by atoms with van der Waals surface area (Å²) in [6.07, 6.45) is 3.43. The second-order valence-corrected chi connectivity index (χ2v) is 14.6. The summed E-state index contributed by atoms with van der Waals surface area (Å²) in [6, 6.07) is 22.4. The molecule has 2 aromatic carbocycles. The second-order valence-electron chi connectivity index (χ2n) is 14.6. The van der Waals surface area contributed by atoms with E-state index in [1.807, 2.05) is 12.1 Å². The molecule has 3 heterocycles. The van der Waals surface area contributed by atoms with Crippen molar-refractivity contribution in [1.82, 2.24) is 19.7 Å². The molecule has 0 radical (unpaired) electrons. The zero-order valence-electron chi connectivity index (χ0n) is 30.0. The van der Waals surface area contributed by atoms with Crippen LogP contribution in [0.5, 0.6) is 0 Å². The van der Waals surface area contributed by atoms with Crippen LogP contribution in [0.25, 0.3) is 0 Å². The molecule has 1 aliphatic carbocycles. The number of ether oxygens (including phenoxy) is 2. The predicted octanol–water partition coefficient (Wildman–Crippen LogP) is 7.15. The third kappa shape index (κ3) is 8.74. The monoisotopic (exact) mass is 704 g/mol. The number of nitrogens with zero attached hydrogens (tertiary/aromatic N) is 4. The topological polar surface area (TPSA) is 58.1 Å². The first-order valence-electron chi connectivity index (χ1n) is 18.3. The average Bonchev–Trinajstić information content (AvgIpc) is 3.60. The zero-order valence-corrected chi connectivity index (χ0v) is 30.0. The SMILES string of the molecule is CO[C@@H]1COCC[C@@H]1N(CCCN(Cc1ccccc1)Cc1ccccc1)[C@@H]1C=C[C@@](C(=O)N2CCc3ncc(C(F)(F)F)cc3C2)(C(C)C)C1. The van der Waals surface area contributed by atoms with E-state index in [9.17, 15) is 18.0 Å². The number of benzene rings is 2. The molecule has 274 valence electrons. The number of aromatic nitrogens is 1. The van der Waals surface area contributed by atoms with Gasteiger partial charge in [-0.2, -0.15) is 13.2 Å². The molecule has 0 spiro atoms. The standard InChI is InChI=1S/C41H51F3N4O3/c1-30(2)40(39(49)47-21-16-36-33(28-47)23-34(25-45-36)41(42,43)44)18-15-35(24-40)48(37-17-22-51-29-38(37)50-3)20-10-19-46(26-31-11-6-4-7-12-31)27-32-13-8-5-9-14-32/h4-9,11-15,18,23,25,30,35,37-38H,10,16-17,19-22,24,26-29H2,1-3H3/t35-,37+,38-,40+/m1/s1. The molecule has 0 saturated carbocycles. The number of amides is 1. The van der Waals surface area contributed by atoms with Crippen LogP contribution in [0.3, 0.4) is 0 Å². The molecule has 3 aromatic rings. The van der Waals surface area contributed by atoms with Crippen LogP contribution in [0, 0.1) is 11.3 Å². The number of carbonyl (C=O) groups is 1. The summed E-state index contributed by atoms with van der Waals surface area (Å²) in [5.74, 6) is -0.0271. The highest BCUT2D eigenvalue weighted by Gasteiger charge is 2.49. The number of fused-ring (bicyclic) bond motifs is 1. The Kier molecular flexibility index (Phi) is 12.0. The van der Waals surface area contributed by atoms with Crippen molar-refractivity contribution in [3.63, 3.8) is 0 Å². The maximum absolute atomic E-state index is 14.5. The van der Waals surface area contributed by atoms with Crippen LogP contribution in [-0.4, -0.2) is 83.7 Å². The van der Waals surface area contributed by atoms with Crippen molar-refractivity contribution in [1.29, 1.82) is 0 Å². The molecule has 0 bridgehead atoms. The molecule has 1 amide bonds. The Morgan fingerprint density at radius 2 is 1.75 bits per heavy atom. The highest BCUT2D eigenvalue weighted by atomic mass is 19.4. The summed E-state index contributed by atoms with van der Waals surface area (Å²) >= 11 is 0. The van der Waals surface area contributed by atoms with Gasteiger partial charge in [-0.25, -0.2) is 0 Å². The van der Waals surface area contributed by atoms with Gasteiger partial charge in [0.05, 0.1) is 23.7 Å². The van der Waals surface area contributed by atoms with Crippen LogP contribution in [-0.2, 0) is 46.5 Å². The van der Waals surface area contributed by atoms with Gasteiger partial charge in [-0.15, -0.1) is 0 Å². The van der Waals surface area contributed by atoms with E-state index < -0.39 is 17.2 Å². The van der Waals surface area contributed by atoms with Crippen molar-refractivity contribution in [2.45, 2.75) is 83.5 Å². The lowest BCUT2D eigenvalue weighted by molar-refractivity contribution is -0.143. The van der Waals surface area contributed by atoms with Crippen molar-refractivity contribution in [3.05, 3.63) is 113 Å². The van der Waals surface area contributed by atoms with E-state index in [0.717, 1.165) is 51.3 Å². The number of rotatable bonds is 13. The van der Waals surface area contributed by atoms with Crippen LogP contribution in [0.15, 0.2) is 85.1 Å². The minimum atomic E-state index is -4.48. The highest BCUT2D eigenvalue weighted by molar-refractivity contribution is 5.86. The highest BCUT2D eigenvalue weighted by Crippen LogP contribution is 2.44. The summed E-state index contributed by atoms with van der Waals surface area (Å²) in [4.78, 5) is 25.4. The molecule has 1 aromatic heterocycles. The molecule has 0 unspecified atom stereocenters. The normalized spacial score (nSPS) is 23.7. The van der Waals surface area contributed by atoms with Crippen molar-refractivity contribution in [3.8, 4) is 0 Å². The molecule has 1 saturated heterocycles. The predicted molar refractivity (Wildman–Crippen MR) is 192 cm³/mol. The summed E-state index contributed by atoms with van der Waals surface area (Å²) in [5, 5.41) is 0. The van der Waals surface area contributed by atoms with Crippen LogP contribution in [0.1, 0.15) is 61.1 Å². The Balaban J connectivity index is 1.20. The number of methoxy groups -OCH3 is 1.